The largest absolute Gasteiger partial charge is 0.361 e. The third-order valence-corrected chi connectivity index (χ3v) is 6.37. The minimum Gasteiger partial charge on any atom is -0.361 e. The first-order valence-electron chi connectivity index (χ1n) is 10.3. The van der Waals surface area contributed by atoms with E-state index in [1.165, 1.54) is 30.5 Å². The van der Waals surface area contributed by atoms with E-state index < -0.39 is 0 Å². The van der Waals surface area contributed by atoms with Crippen molar-refractivity contribution in [2.45, 2.75) is 84.2 Å². The van der Waals surface area contributed by atoms with Gasteiger partial charge in [-0.15, -0.1) is 0 Å². The molecule has 1 saturated carbocycles. The molecule has 2 aliphatic carbocycles. The van der Waals surface area contributed by atoms with Crippen LogP contribution in [-0.2, 0) is 37.6 Å². The quantitative estimate of drug-likeness (QED) is 0.782. The average molecular weight is 370 g/mol. The fourth-order valence-corrected chi connectivity index (χ4v) is 4.86. The molecular formula is C21H30N4O2. The number of hydrogen-bond acceptors (Lipinski definition) is 4. The number of aromatic nitrogens is 3. The summed E-state index contributed by atoms with van der Waals surface area (Å²) in [4.78, 5) is 15.3. The van der Waals surface area contributed by atoms with Gasteiger partial charge in [-0.1, -0.05) is 18.0 Å². The summed E-state index contributed by atoms with van der Waals surface area (Å²) >= 11 is 0. The molecule has 2 aromatic rings. The molecule has 2 aromatic heterocycles. The zero-order chi connectivity index (χ0) is 19.0. The molecule has 0 N–H and O–H groups in total. The maximum Gasteiger partial charge on any atom is 0.223 e. The van der Waals surface area contributed by atoms with Crippen LogP contribution in [0.25, 0.3) is 0 Å². The first-order valence-corrected chi connectivity index (χ1v) is 10.3. The Hall–Kier alpha value is -2.11. The molecule has 0 bridgehead atoms. The van der Waals surface area contributed by atoms with Crippen molar-refractivity contribution in [2.75, 3.05) is 0 Å². The Labute approximate surface area is 160 Å². The van der Waals surface area contributed by atoms with Crippen LogP contribution < -0.4 is 0 Å². The number of aryl methyl sites for hydroxylation is 3. The summed E-state index contributed by atoms with van der Waals surface area (Å²) in [5, 5.41) is 8.78. The van der Waals surface area contributed by atoms with Gasteiger partial charge in [-0.2, -0.15) is 5.10 Å². The van der Waals surface area contributed by atoms with E-state index in [1.54, 1.807) is 0 Å². The van der Waals surface area contributed by atoms with Gasteiger partial charge in [0.25, 0.3) is 0 Å². The standard InChI is InChI=1S/C21H30N4O2/c1-14-17(15(2)27-23-14)11-12-21(26)25(16-7-4-5-8-16)13-19-18-9-6-10-20(18)24(3)22-19/h16H,4-13H2,1-3H3. The Kier molecular flexibility index (Phi) is 5.06. The van der Waals surface area contributed by atoms with E-state index >= 15 is 0 Å². The molecule has 0 atom stereocenters. The summed E-state index contributed by atoms with van der Waals surface area (Å²) in [6.07, 6.45) is 9.30. The Morgan fingerprint density at radius 3 is 2.70 bits per heavy atom. The lowest BCUT2D eigenvalue weighted by Gasteiger charge is -2.29. The second kappa shape index (κ2) is 7.49. The number of amides is 1. The zero-order valence-electron chi connectivity index (χ0n) is 16.8. The van der Waals surface area contributed by atoms with Crippen LogP contribution >= 0.6 is 0 Å². The molecule has 4 rings (SSSR count). The minimum absolute atomic E-state index is 0.235. The van der Waals surface area contributed by atoms with Gasteiger partial charge in [-0.25, -0.2) is 0 Å². The minimum atomic E-state index is 0.235. The first-order chi connectivity index (χ1) is 13.0. The van der Waals surface area contributed by atoms with Gasteiger partial charge in [-0.3, -0.25) is 9.48 Å². The highest BCUT2D eigenvalue weighted by Gasteiger charge is 2.30. The van der Waals surface area contributed by atoms with Gasteiger partial charge in [0.05, 0.1) is 17.9 Å². The number of carbonyl (C=O) groups excluding carboxylic acids is 1. The molecule has 1 amide bonds. The third kappa shape index (κ3) is 3.54. The van der Waals surface area contributed by atoms with Crippen molar-refractivity contribution in [3.05, 3.63) is 34.0 Å². The Balaban J connectivity index is 1.51. The number of rotatable bonds is 6. The summed E-state index contributed by atoms with van der Waals surface area (Å²) in [5.41, 5.74) is 5.84. The van der Waals surface area contributed by atoms with Gasteiger partial charge in [0.15, 0.2) is 0 Å². The molecule has 2 heterocycles. The molecule has 1 fully saturated rings. The summed E-state index contributed by atoms with van der Waals surface area (Å²) in [7, 11) is 2.03. The molecule has 2 aliphatic rings. The predicted molar refractivity (Wildman–Crippen MR) is 102 cm³/mol. The highest BCUT2D eigenvalue weighted by atomic mass is 16.5. The molecule has 6 nitrogen and oxygen atoms in total. The average Bonchev–Trinajstić information content (AvgIpc) is 3.41. The summed E-state index contributed by atoms with van der Waals surface area (Å²) in [6, 6.07) is 0.362. The normalized spacial score (nSPS) is 16.9. The van der Waals surface area contributed by atoms with Gasteiger partial charge in [0, 0.05) is 30.8 Å². The Bertz CT molecular complexity index is 810. The van der Waals surface area contributed by atoms with E-state index in [0.29, 0.717) is 25.4 Å². The van der Waals surface area contributed by atoms with Crippen molar-refractivity contribution in [1.29, 1.82) is 0 Å². The van der Waals surface area contributed by atoms with Crippen molar-refractivity contribution in [1.82, 2.24) is 19.8 Å². The van der Waals surface area contributed by atoms with Crippen molar-refractivity contribution in [3.63, 3.8) is 0 Å². The molecule has 0 unspecified atom stereocenters. The zero-order valence-corrected chi connectivity index (χ0v) is 16.8. The van der Waals surface area contributed by atoms with E-state index in [2.05, 4.69) is 10.1 Å². The monoisotopic (exact) mass is 370 g/mol. The molecule has 0 aromatic carbocycles. The molecule has 0 spiro atoms. The number of hydrogen-bond donors (Lipinski definition) is 0. The maximum absolute atomic E-state index is 13.2. The van der Waals surface area contributed by atoms with Crippen LogP contribution in [0.15, 0.2) is 4.52 Å². The SMILES string of the molecule is Cc1noc(C)c1CCC(=O)N(Cc1nn(C)c2c1CCC2)C1CCCC1. The van der Waals surface area contributed by atoms with Crippen LogP contribution in [0.2, 0.25) is 0 Å². The van der Waals surface area contributed by atoms with Crippen LogP contribution in [0.5, 0.6) is 0 Å². The third-order valence-electron chi connectivity index (χ3n) is 6.37. The molecule has 6 heteroatoms. The van der Waals surface area contributed by atoms with Crippen molar-refractivity contribution >= 4 is 5.91 Å². The lowest BCUT2D eigenvalue weighted by atomic mass is 10.1. The highest BCUT2D eigenvalue weighted by molar-refractivity contribution is 5.77. The van der Waals surface area contributed by atoms with Gasteiger partial charge in [0.1, 0.15) is 5.76 Å². The van der Waals surface area contributed by atoms with E-state index in [4.69, 9.17) is 9.62 Å². The molecule has 0 saturated heterocycles. The molecule has 146 valence electrons. The van der Waals surface area contributed by atoms with Crippen LogP contribution in [-0.4, -0.2) is 31.8 Å². The maximum atomic E-state index is 13.2. The predicted octanol–water partition coefficient (Wildman–Crippen LogP) is 3.42. The van der Waals surface area contributed by atoms with Crippen molar-refractivity contribution < 1.29 is 9.32 Å². The number of fused-ring (bicyclic) bond motifs is 1. The van der Waals surface area contributed by atoms with E-state index in [1.807, 2.05) is 25.6 Å². The summed E-state index contributed by atoms with van der Waals surface area (Å²) in [6.45, 7) is 4.53. The van der Waals surface area contributed by atoms with Gasteiger partial charge < -0.3 is 9.42 Å². The summed E-state index contributed by atoms with van der Waals surface area (Å²) < 4.78 is 7.28. The number of carbonyl (C=O) groups is 1. The Morgan fingerprint density at radius 2 is 2.00 bits per heavy atom. The smallest absolute Gasteiger partial charge is 0.223 e. The lowest BCUT2D eigenvalue weighted by Crippen LogP contribution is -2.38. The second-order valence-electron chi connectivity index (χ2n) is 8.11. The highest BCUT2D eigenvalue weighted by Crippen LogP contribution is 2.30. The fourth-order valence-electron chi connectivity index (χ4n) is 4.86. The van der Waals surface area contributed by atoms with Crippen molar-refractivity contribution in [3.8, 4) is 0 Å². The van der Waals surface area contributed by atoms with Gasteiger partial charge >= 0.3 is 0 Å². The van der Waals surface area contributed by atoms with Crippen LogP contribution in [0, 0.1) is 13.8 Å². The lowest BCUT2D eigenvalue weighted by molar-refractivity contribution is -0.134. The van der Waals surface area contributed by atoms with Gasteiger partial charge in [-0.05, 0) is 57.9 Å². The van der Waals surface area contributed by atoms with Crippen LogP contribution in [0.1, 0.15) is 72.5 Å². The fraction of sp³-hybridized carbons (Fsp3) is 0.667. The number of nitrogens with zero attached hydrogens (tertiary/aromatic N) is 4. The van der Waals surface area contributed by atoms with Gasteiger partial charge in [0.2, 0.25) is 5.91 Å². The molecular weight excluding hydrogens is 340 g/mol. The van der Waals surface area contributed by atoms with E-state index in [-0.39, 0.29) is 5.91 Å². The Morgan fingerprint density at radius 1 is 1.22 bits per heavy atom. The molecule has 0 radical (unpaired) electrons. The summed E-state index contributed by atoms with van der Waals surface area (Å²) in [5.74, 6) is 1.06. The van der Waals surface area contributed by atoms with E-state index in [9.17, 15) is 4.79 Å². The molecule has 27 heavy (non-hydrogen) atoms. The van der Waals surface area contributed by atoms with Crippen LogP contribution in [0.3, 0.4) is 0 Å². The van der Waals surface area contributed by atoms with E-state index in [0.717, 1.165) is 48.4 Å². The van der Waals surface area contributed by atoms with Crippen molar-refractivity contribution in [2.24, 2.45) is 7.05 Å². The second-order valence-corrected chi connectivity index (χ2v) is 8.11. The first kappa shape index (κ1) is 18.3. The topological polar surface area (TPSA) is 64.2 Å². The van der Waals surface area contributed by atoms with Crippen LogP contribution in [0.4, 0.5) is 0 Å². The molecule has 0 aliphatic heterocycles.